The highest BCUT2D eigenvalue weighted by Gasteiger charge is 2.22. The molecule has 0 rings (SSSR count). The van der Waals surface area contributed by atoms with Crippen LogP contribution in [0.5, 0.6) is 0 Å². The van der Waals surface area contributed by atoms with Gasteiger partial charge in [-0.1, -0.05) is 0 Å². The molecule has 0 aliphatic rings. The molecule has 4 nitrogen and oxygen atoms in total. The van der Waals surface area contributed by atoms with Crippen molar-refractivity contribution in [3.05, 3.63) is 0 Å². The largest absolute Gasteiger partial charge is 0.480 e. The highest BCUT2D eigenvalue weighted by atomic mass is 32.1. The monoisotopic (exact) mass is 177 g/mol. The van der Waals surface area contributed by atoms with E-state index in [0.717, 1.165) is 4.90 Å². The average molecular weight is 177 g/mol. The Hall–Kier alpha value is -0.710. The Labute approximate surface area is 70.6 Å². The highest BCUT2D eigenvalue weighted by Crippen LogP contribution is 1.99. The maximum Gasteiger partial charge on any atom is 0.327 e. The summed E-state index contributed by atoms with van der Waals surface area (Å²) in [7, 11) is 1.44. The van der Waals surface area contributed by atoms with E-state index in [-0.39, 0.29) is 11.7 Å². The van der Waals surface area contributed by atoms with Crippen molar-refractivity contribution in [3.63, 3.8) is 0 Å². The Morgan fingerprint density at radius 3 is 2.18 bits per heavy atom. The van der Waals surface area contributed by atoms with E-state index in [0.29, 0.717) is 0 Å². The molecule has 0 saturated heterocycles. The number of hydrogen-bond acceptors (Lipinski definition) is 3. The van der Waals surface area contributed by atoms with E-state index in [1.807, 2.05) is 0 Å². The minimum absolute atomic E-state index is 0.130. The van der Waals surface area contributed by atoms with Gasteiger partial charge < -0.3 is 10.0 Å². The number of carbonyl (C=O) groups excluding carboxylic acids is 1. The summed E-state index contributed by atoms with van der Waals surface area (Å²) in [5.74, 6) is -1.17. The average Bonchev–Trinajstić information content (AvgIpc) is 1.88. The molecule has 0 saturated carbocycles. The molecule has 0 heterocycles. The molecule has 1 amide bonds. The van der Waals surface area contributed by atoms with Gasteiger partial charge in [-0.3, -0.25) is 4.79 Å². The summed E-state index contributed by atoms with van der Waals surface area (Å²) < 4.78 is 0. The van der Waals surface area contributed by atoms with Crippen LogP contribution in [0.15, 0.2) is 0 Å². The minimum atomic E-state index is -1.03. The van der Waals surface area contributed by atoms with Crippen LogP contribution in [-0.2, 0) is 9.59 Å². The van der Waals surface area contributed by atoms with Crippen LogP contribution in [0.3, 0.4) is 0 Å². The standard InChI is InChI=1S/C6H11NO3S/c1-4(8)7(2)5(3-11)6(9)10/h5,11H,3H2,1-2H3,(H,9,10)/t5-/m0/s1. The summed E-state index contributed by atoms with van der Waals surface area (Å²) in [6.07, 6.45) is 0. The maximum atomic E-state index is 10.7. The van der Waals surface area contributed by atoms with Gasteiger partial charge >= 0.3 is 5.97 Å². The maximum absolute atomic E-state index is 10.7. The third-order valence-corrected chi connectivity index (χ3v) is 1.77. The fourth-order valence-corrected chi connectivity index (χ4v) is 0.987. The summed E-state index contributed by atoms with van der Waals surface area (Å²) in [6.45, 7) is 1.32. The summed E-state index contributed by atoms with van der Waals surface area (Å²) in [5, 5.41) is 8.55. The van der Waals surface area contributed by atoms with Crippen molar-refractivity contribution in [2.75, 3.05) is 12.8 Å². The highest BCUT2D eigenvalue weighted by molar-refractivity contribution is 7.80. The second kappa shape index (κ2) is 4.23. The van der Waals surface area contributed by atoms with E-state index in [4.69, 9.17) is 5.11 Å². The zero-order valence-corrected chi connectivity index (χ0v) is 7.34. The second-order valence-electron chi connectivity index (χ2n) is 2.17. The summed E-state index contributed by atoms with van der Waals surface area (Å²) >= 11 is 3.81. The molecule has 64 valence electrons. The molecule has 0 aromatic carbocycles. The third-order valence-electron chi connectivity index (χ3n) is 1.42. The van der Waals surface area contributed by atoms with Crippen LogP contribution in [0.1, 0.15) is 6.92 Å². The van der Waals surface area contributed by atoms with Crippen LogP contribution in [0.2, 0.25) is 0 Å². The van der Waals surface area contributed by atoms with Gasteiger partial charge in [0.2, 0.25) is 5.91 Å². The number of aliphatic carboxylic acids is 1. The number of rotatable bonds is 3. The van der Waals surface area contributed by atoms with Gasteiger partial charge in [0.25, 0.3) is 0 Å². The van der Waals surface area contributed by atoms with Gasteiger partial charge in [0.15, 0.2) is 0 Å². The molecule has 1 N–H and O–H groups in total. The van der Waals surface area contributed by atoms with Crippen molar-refractivity contribution in [1.29, 1.82) is 0 Å². The van der Waals surface area contributed by atoms with Gasteiger partial charge in [0, 0.05) is 19.7 Å². The van der Waals surface area contributed by atoms with Crippen molar-refractivity contribution in [2.45, 2.75) is 13.0 Å². The number of thiol groups is 1. The Bertz CT molecular complexity index is 171. The van der Waals surface area contributed by atoms with Gasteiger partial charge in [-0.2, -0.15) is 12.6 Å². The van der Waals surface area contributed by atoms with Crippen molar-refractivity contribution in [2.24, 2.45) is 0 Å². The fourth-order valence-electron chi connectivity index (χ4n) is 0.586. The molecule has 0 aromatic rings. The predicted octanol–water partition coefficient (Wildman–Crippen LogP) is -0.152. The molecule has 0 spiro atoms. The molecular weight excluding hydrogens is 166 g/mol. The Morgan fingerprint density at radius 2 is 2.09 bits per heavy atom. The lowest BCUT2D eigenvalue weighted by atomic mass is 10.3. The Balaban J connectivity index is 4.25. The van der Waals surface area contributed by atoms with E-state index < -0.39 is 12.0 Å². The van der Waals surface area contributed by atoms with Gasteiger partial charge in [-0.25, -0.2) is 4.79 Å². The molecular formula is C6H11NO3S. The number of carbonyl (C=O) groups is 2. The van der Waals surface area contributed by atoms with Crippen LogP contribution in [0.25, 0.3) is 0 Å². The van der Waals surface area contributed by atoms with Crippen LogP contribution >= 0.6 is 12.6 Å². The lowest BCUT2D eigenvalue weighted by molar-refractivity contribution is -0.147. The number of carboxylic acid groups (broad SMARTS) is 1. The lowest BCUT2D eigenvalue weighted by Gasteiger charge is -2.21. The molecule has 5 heteroatoms. The van der Waals surface area contributed by atoms with Crippen LogP contribution in [-0.4, -0.2) is 40.7 Å². The van der Waals surface area contributed by atoms with E-state index in [2.05, 4.69) is 12.6 Å². The van der Waals surface area contributed by atoms with Crippen molar-refractivity contribution in [3.8, 4) is 0 Å². The molecule has 0 aromatic heterocycles. The topological polar surface area (TPSA) is 57.6 Å². The zero-order chi connectivity index (χ0) is 9.02. The number of amides is 1. The number of likely N-dealkylation sites (N-methyl/N-ethyl adjacent to an activating group) is 1. The van der Waals surface area contributed by atoms with Crippen molar-refractivity contribution < 1.29 is 14.7 Å². The van der Waals surface area contributed by atoms with E-state index in [1.165, 1.54) is 14.0 Å². The third kappa shape index (κ3) is 2.80. The molecule has 11 heavy (non-hydrogen) atoms. The lowest BCUT2D eigenvalue weighted by Crippen LogP contribution is -2.42. The van der Waals surface area contributed by atoms with Crippen LogP contribution in [0, 0.1) is 0 Å². The first-order valence-corrected chi connectivity index (χ1v) is 3.71. The van der Waals surface area contributed by atoms with Gasteiger partial charge in [-0.05, 0) is 0 Å². The van der Waals surface area contributed by atoms with Crippen LogP contribution < -0.4 is 0 Å². The summed E-state index contributed by atoms with van der Waals surface area (Å²) in [4.78, 5) is 22.3. The van der Waals surface area contributed by atoms with Crippen molar-refractivity contribution in [1.82, 2.24) is 4.90 Å². The van der Waals surface area contributed by atoms with Crippen molar-refractivity contribution >= 4 is 24.5 Å². The van der Waals surface area contributed by atoms with Crippen LogP contribution in [0.4, 0.5) is 0 Å². The first-order chi connectivity index (χ1) is 5.00. The SMILES string of the molecule is CC(=O)N(C)[C@@H](CS)C(=O)O. The number of carboxylic acids is 1. The van der Waals surface area contributed by atoms with Gasteiger partial charge in [0.1, 0.15) is 6.04 Å². The zero-order valence-electron chi connectivity index (χ0n) is 6.44. The first-order valence-electron chi connectivity index (χ1n) is 3.07. The van der Waals surface area contributed by atoms with Gasteiger partial charge in [0.05, 0.1) is 0 Å². The summed E-state index contributed by atoms with van der Waals surface area (Å²) in [5.41, 5.74) is 0. The molecule has 0 aliphatic heterocycles. The quantitative estimate of drug-likeness (QED) is 0.589. The summed E-state index contributed by atoms with van der Waals surface area (Å²) in [6, 6.07) is -0.823. The number of hydrogen-bond donors (Lipinski definition) is 2. The van der Waals surface area contributed by atoms with E-state index >= 15 is 0 Å². The molecule has 0 unspecified atom stereocenters. The smallest absolute Gasteiger partial charge is 0.327 e. The normalized spacial score (nSPS) is 12.3. The Kier molecular flexibility index (Phi) is 3.95. The minimum Gasteiger partial charge on any atom is -0.480 e. The molecule has 0 fully saturated rings. The molecule has 0 bridgehead atoms. The fraction of sp³-hybridized carbons (Fsp3) is 0.667. The van der Waals surface area contributed by atoms with E-state index in [9.17, 15) is 9.59 Å². The predicted molar refractivity (Wildman–Crippen MR) is 43.7 cm³/mol. The number of nitrogens with zero attached hydrogens (tertiary/aromatic N) is 1. The Morgan fingerprint density at radius 1 is 1.64 bits per heavy atom. The molecule has 0 radical (unpaired) electrons. The van der Waals surface area contributed by atoms with Gasteiger partial charge in [-0.15, -0.1) is 0 Å². The molecule has 0 aliphatic carbocycles. The van der Waals surface area contributed by atoms with E-state index in [1.54, 1.807) is 0 Å². The second-order valence-corrected chi connectivity index (χ2v) is 2.53. The molecule has 1 atom stereocenters. The first kappa shape index (κ1) is 10.3.